The zero-order valence-electron chi connectivity index (χ0n) is 18.0. The molecule has 0 spiro atoms. The zero-order chi connectivity index (χ0) is 22.1. The Morgan fingerprint density at radius 3 is 2.35 bits per heavy atom. The van der Waals surface area contributed by atoms with Crippen LogP contribution in [0.25, 0.3) is 0 Å². The Kier molecular flexibility index (Phi) is 6.24. The molecule has 0 aromatic heterocycles. The van der Waals surface area contributed by atoms with Crippen molar-refractivity contribution in [3.05, 3.63) is 81.5 Å². The van der Waals surface area contributed by atoms with Gasteiger partial charge in [-0.2, -0.15) is 0 Å². The van der Waals surface area contributed by atoms with E-state index in [0.29, 0.717) is 24.1 Å². The van der Waals surface area contributed by atoms with Crippen LogP contribution in [0.4, 0.5) is 0 Å². The van der Waals surface area contributed by atoms with Crippen LogP contribution in [-0.2, 0) is 14.3 Å². The third-order valence-corrected chi connectivity index (χ3v) is 6.52. The maximum atomic E-state index is 13.5. The van der Waals surface area contributed by atoms with E-state index < -0.39 is 5.92 Å². The monoisotopic (exact) mass is 479 g/mol. The van der Waals surface area contributed by atoms with E-state index in [9.17, 15) is 9.59 Å². The van der Waals surface area contributed by atoms with Gasteiger partial charge in [-0.15, -0.1) is 0 Å². The number of carbonyl (C=O) groups is 2. The standard InChI is InChI=1S/C26H26BrNO3/c1-15(2)31-26(30)23-16(3)28-21-13-19(17-7-5-4-6-8-17)14-22(29)25(21)24(23)18-9-11-20(27)12-10-18/h4-12,15,19,23-24H,13-14H2,1-3H3/t19-,23?,24-/m0/s1. The summed E-state index contributed by atoms with van der Waals surface area (Å²) in [7, 11) is 0. The Bertz CT molecular complexity index is 1050. The molecule has 2 aromatic rings. The van der Waals surface area contributed by atoms with Crippen LogP contribution in [0.2, 0.25) is 0 Å². The number of halogens is 1. The van der Waals surface area contributed by atoms with Crippen molar-refractivity contribution >= 4 is 33.4 Å². The second-order valence-corrected chi connectivity index (χ2v) is 9.46. The van der Waals surface area contributed by atoms with Gasteiger partial charge in [0.1, 0.15) is 5.92 Å². The number of Topliss-reactive ketones (excluding diaryl/α,β-unsaturated/α-hetero) is 1. The van der Waals surface area contributed by atoms with Gasteiger partial charge in [-0.3, -0.25) is 14.6 Å². The van der Waals surface area contributed by atoms with Gasteiger partial charge < -0.3 is 4.74 Å². The average molecular weight is 480 g/mol. The SMILES string of the molecule is CC1=NC2=C(C(=O)C[C@@H](c3ccccc3)C2)[C@@H](c2ccc(Br)cc2)C1C(=O)OC(C)C. The number of carbonyl (C=O) groups excluding carboxylic acids is 2. The first-order valence-corrected chi connectivity index (χ1v) is 11.5. The minimum Gasteiger partial charge on any atom is -0.462 e. The fraction of sp³-hybridized carbons (Fsp3) is 0.346. The minimum absolute atomic E-state index is 0.0709. The quantitative estimate of drug-likeness (QED) is 0.507. The molecule has 0 N–H and O–H groups in total. The summed E-state index contributed by atoms with van der Waals surface area (Å²) in [5.41, 5.74) is 4.27. The highest BCUT2D eigenvalue weighted by Crippen LogP contribution is 2.47. The second kappa shape index (κ2) is 8.91. The number of hydrogen-bond donors (Lipinski definition) is 0. The normalized spacial score (nSPS) is 23.5. The highest BCUT2D eigenvalue weighted by Gasteiger charge is 2.44. The van der Waals surface area contributed by atoms with E-state index in [0.717, 1.165) is 21.3 Å². The summed E-state index contributed by atoms with van der Waals surface area (Å²) in [5.74, 6) is -1.13. The molecule has 0 fully saturated rings. The molecular formula is C26H26BrNO3. The van der Waals surface area contributed by atoms with Crippen molar-refractivity contribution in [2.75, 3.05) is 0 Å². The van der Waals surface area contributed by atoms with Crippen LogP contribution >= 0.6 is 15.9 Å². The molecule has 1 heterocycles. The van der Waals surface area contributed by atoms with E-state index in [1.165, 1.54) is 0 Å². The molecule has 0 saturated heterocycles. The highest BCUT2D eigenvalue weighted by molar-refractivity contribution is 9.10. The van der Waals surface area contributed by atoms with E-state index in [1.807, 2.05) is 63.2 Å². The van der Waals surface area contributed by atoms with Gasteiger partial charge in [-0.05, 0) is 56.4 Å². The van der Waals surface area contributed by atoms with Crippen molar-refractivity contribution in [3.63, 3.8) is 0 Å². The van der Waals surface area contributed by atoms with Crippen LogP contribution in [0.5, 0.6) is 0 Å². The van der Waals surface area contributed by atoms with Crippen LogP contribution in [-0.4, -0.2) is 23.6 Å². The molecule has 4 rings (SSSR count). The Labute approximate surface area is 191 Å². The van der Waals surface area contributed by atoms with E-state index in [2.05, 4.69) is 28.1 Å². The Morgan fingerprint density at radius 1 is 1.03 bits per heavy atom. The minimum atomic E-state index is -0.598. The van der Waals surface area contributed by atoms with Crippen LogP contribution in [0.1, 0.15) is 56.6 Å². The predicted octanol–water partition coefficient (Wildman–Crippen LogP) is 5.98. The van der Waals surface area contributed by atoms with Gasteiger partial charge in [0.15, 0.2) is 5.78 Å². The largest absolute Gasteiger partial charge is 0.462 e. The summed E-state index contributed by atoms with van der Waals surface area (Å²) < 4.78 is 6.53. The van der Waals surface area contributed by atoms with Crippen LogP contribution in [0.3, 0.4) is 0 Å². The molecule has 5 heteroatoms. The average Bonchev–Trinajstić information content (AvgIpc) is 2.73. The Hall–Kier alpha value is -2.53. The lowest BCUT2D eigenvalue weighted by Crippen LogP contribution is -2.38. The van der Waals surface area contributed by atoms with Crippen molar-refractivity contribution in [3.8, 4) is 0 Å². The zero-order valence-corrected chi connectivity index (χ0v) is 19.6. The summed E-state index contributed by atoms with van der Waals surface area (Å²) in [6.45, 7) is 5.55. The molecule has 1 unspecified atom stereocenters. The van der Waals surface area contributed by atoms with Gasteiger partial charge in [0, 0.05) is 33.8 Å². The third kappa shape index (κ3) is 4.42. The first-order valence-electron chi connectivity index (χ1n) is 10.7. The number of nitrogens with zero attached hydrogens (tertiary/aromatic N) is 1. The van der Waals surface area contributed by atoms with Gasteiger partial charge in [0.05, 0.1) is 6.10 Å². The topological polar surface area (TPSA) is 55.7 Å². The molecule has 1 aliphatic carbocycles. The number of benzene rings is 2. The van der Waals surface area contributed by atoms with Crippen molar-refractivity contribution in [1.82, 2.24) is 0 Å². The molecule has 0 bridgehead atoms. The fourth-order valence-electron chi connectivity index (χ4n) is 4.66. The molecule has 2 aliphatic rings. The maximum absolute atomic E-state index is 13.5. The van der Waals surface area contributed by atoms with E-state index in [1.54, 1.807) is 0 Å². The molecule has 1 aliphatic heterocycles. The Morgan fingerprint density at radius 2 is 1.71 bits per heavy atom. The van der Waals surface area contributed by atoms with Crippen molar-refractivity contribution < 1.29 is 14.3 Å². The van der Waals surface area contributed by atoms with Crippen LogP contribution in [0, 0.1) is 5.92 Å². The molecule has 0 saturated carbocycles. The lowest BCUT2D eigenvalue weighted by Gasteiger charge is -2.36. The lowest BCUT2D eigenvalue weighted by molar-refractivity contribution is -0.150. The van der Waals surface area contributed by atoms with E-state index >= 15 is 0 Å². The van der Waals surface area contributed by atoms with Crippen LogP contribution < -0.4 is 0 Å². The predicted molar refractivity (Wildman–Crippen MR) is 125 cm³/mol. The number of ether oxygens (including phenoxy) is 1. The molecular weight excluding hydrogens is 454 g/mol. The van der Waals surface area contributed by atoms with Crippen molar-refractivity contribution in [1.29, 1.82) is 0 Å². The number of hydrogen-bond acceptors (Lipinski definition) is 4. The first-order chi connectivity index (χ1) is 14.8. The van der Waals surface area contributed by atoms with Gasteiger partial charge in [-0.25, -0.2) is 0 Å². The Balaban J connectivity index is 1.79. The number of rotatable bonds is 4. The number of ketones is 1. The maximum Gasteiger partial charge on any atom is 0.315 e. The van der Waals surface area contributed by atoms with Crippen LogP contribution in [0.15, 0.2) is 75.3 Å². The molecule has 4 nitrogen and oxygen atoms in total. The smallest absolute Gasteiger partial charge is 0.315 e. The molecule has 2 aromatic carbocycles. The molecule has 160 valence electrons. The fourth-order valence-corrected chi connectivity index (χ4v) is 4.93. The van der Waals surface area contributed by atoms with Gasteiger partial charge in [0.25, 0.3) is 0 Å². The van der Waals surface area contributed by atoms with Crippen molar-refractivity contribution in [2.24, 2.45) is 10.9 Å². The summed E-state index contributed by atoms with van der Waals surface area (Å²) in [5, 5.41) is 0. The summed E-state index contributed by atoms with van der Waals surface area (Å²) in [6.07, 6.45) is 0.892. The first kappa shape index (κ1) is 21.7. The molecule has 0 radical (unpaired) electrons. The van der Waals surface area contributed by atoms with Crippen molar-refractivity contribution in [2.45, 2.75) is 51.6 Å². The molecule has 0 amide bonds. The van der Waals surface area contributed by atoms with Gasteiger partial charge >= 0.3 is 5.97 Å². The second-order valence-electron chi connectivity index (χ2n) is 8.55. The van der Waals surface area contributed by atoms with E-state index in [-0.39, 0.29) is 29.7 Å². The van der Waals surface area contributed by atoms with E-state index in [4.69, 9.17) is 9.73 Å². The number of allylic oxidation sites excluding steroid dienone is 2. The molecule has 31 heavy (non-hydrogen) atoms. The molecule has 3 atom stereocenters. The number of aliphatic imine (C=N–C) groups is 1. The summed E-state index contributed by atoms with van der Waals surface area (Å²) in [6, 6.07) is 18.0. The number of esters is 1. The van der Waals surface area contributed by atoms with Gasteiger partial charge in [-0.1, -0.05) is 58.4 Å². The summed E-state index contributed by atoms with van der Waals surface area (Å²) >= 11 is 3.48. The third-order valence-electron chi connectivity index (χ3n) is 5.99. The highest BCUT2D eigenvalue weighted by atomic mass is 79.9. The lowest BCUT2D eigenvalue weighted by atomic mass is 9.69. The van der Waals surface area contributed by atoms with Gasteiger partial charge in [0.2, 0.25) is 0 Å². The summed E-state index contributed by atoms with van der Waals surface area (Å²) in [4.78, 5) is 31.4.